The molecule has 192 valence electrons. The number of anilines is 1. The molecule has 36 heavy (non-hydrogen) atoms. The van der Waals surface area contributed by atoms with E-state index in [4.69, 9.17) is 13.3 Å². The number of benzene rings is 2. The van der Waals surface area contributed by atoms with Gasteiger partial charge in [-0.05, 0) is 67.9 Å². The molecule has 0 radical (unpaired) electrons. The molecule has 2 N–H and O–H groups in total. The van der Waals surface area contributed by atoms with Crippen LogP contribution in [0.15, 0.2) is 70.2 Å². The van der Waals surface area contributed by atoms with Gasteiger partial charge in [-0.3, -0.25) is 4.79 Å². The van der Waals surface area contributed by atoms with Gasteiger partial charge in [0.25, 0.3) is 0 Å². The molecule has 0 atom stereocenters. The number of amides is 3. The van der Waals surface area contributed by atoms with Crippen LogP contribution in [0.2, 0.25) is 0 Å². The number of nitrogens with one attached hydrogen (secondary N) is 2. The number of urea groups is 1. The molecule has 3 rings (SSSR count). The normalized spacial score (nSPS) is 11.1. The highest BCUT2D eigenvalue weighted by Crippen LogP contribution is 2.32. The van der Waals surface area contributed by atoms with Crippen molar-refractivity contribution in [1.29, 1.82) is 0 Å². The summed E-state index contributed by atoms with van der Waals surface area (Å²) < 4.78 is 41.9. The minimum atomic E-state index is -4.21. The maximum atomic E-state index is 12.9. The number of nitrogens with zero attached hydrogens (tertiary/aromatic N) is 1. The Morgan fingerprint density at radius 2 is 1.75 bits per heavy atom. The summed E-state index contributed by atoms with van der Waals surface area (Å²) in [6.45, 7) is 5.44. The van der Waals surface area contributed by atoms with Crippen molar-refractivity contribution in [2.75, 3.05) is 12.4 Å². The highest BCUT2D eigenvalue weighted by molar-refractivity contribution is 7.87. The summed E-state index contributed by atoms with van der Waals surface area (Å²) in [5.41, 5.74) is 1.07. The molecule has 0 fully saturated rings. The predicted molar refractivity (Wildman–Crippen MR) is 133 cm³/mol. The standard InChI is InChI=1S/C25H29N3O7S/c1-17(2)26-25(30)28(16-21-6-5-13-34-21)15-19-7-12-23(33-4)24(14-19)35-36(31,32)22-10-8-20(9-11-22)27-18(3)29/h5-14,17H,15-16H2,1-4H3,(H,26,30)(H,27,29). The number of carbonyl (C=O) groups is 2. The van der Waals surface area contributed by atoms with E-state index < -0.39 is 10.1 Å². The average Bonchev–Trinajstić information content (AvgIpc) is 3.31. The van der Waals surface area contributed by atoms with Crippen molar-refractivity contribution in [2.45, 2.75) is 44.8 Å². The molecule has 0 aliphatic rings. The first-order chi connectivity index (χ1) is 17.1. The number of carbonyl (C=O) groups excluding carboxylic acids is 2. The Balaban J connectivity index is 1.85. The molecular weight excluding hydrogens is 486 g/mol. The Morgan fingerprint density at radius 1 is 1.03 bits per heavy atom. The Bertz CT molecular complexity index is 1290. The van der Waals surface area contributed by atoms with Gasteiger partial charge in [0.05, 0.1) is 19.9 Å². The van der Waals surface area contributed by atoms with E-state index in [2.05, 4.69) is 10.6 Å². The first-order valence-corrected chi connectivity index (χ1v) is 12.5. The second kappa shape index (κ2) is 11.6. The van der Waals surface area contributed by atoms with Gasteiger partial charge in [0.15, 0.2) is 11.5 Å². The van der Waals surface area contributed by atoms with Gasteiger partial charge in [-0.1, -0.05) is 6.07 Å². The first-order valence-electron chi connectivity index (χ1n) is 11.1. The van der Waals surface area contributed by atoms with Crippen LogP contribution < -0.4 is 19.6 Å². The summed E-state index contributed by atoms with van der Waals surface area (Å²) in [6.07, 6.45) is 1.53. The molecular formula is C25H29N3O7S. The van der Waals surface area contributed by atoms with E-state index >= 15 is 0 Å². The molecule has 1 heterocycles. The van der Waals surface area contributed by atoms with Crippen molar-refractivity contribution in [3.8, 4) is 11.5 Å². The van der Waals surface area contributed by atoms with Crippen LogP contribution in [-0.2, 0) is 28.0 Å². The van der Waals surface area contributed by atoms with E-state index in [9.17, 15) is 18.0 Å². The lowest BCUT2D eigenvalue weighted by Gasteiger charge is -2.24. The third-order valence-electron chi connectivity index (χ3n) is 4.89. The number of hydrogen-bond acceptors (Lipinski definition) is 7. The highest BCUT2D eigenvalue weighted by Gasteiger charge is 2.22. The summed E-state index contributed by atoms with van der Waals surface area (Å²) >= 11 is 0. The average molecular weight is 516 g/mol. The zero-order valence-corrected chi connectivity index (χ0v) is 21.3. The van der Waals surface area contributed by atoms with Crippen molar-refractivity contribution in [2.24, 2.45) is 0 Å². The van der Waals surface area contributed by atoms with Gasteiger partial charge in [0.1, 0.15) is 10.7 Å². The second-order valence-corrected chi connectivity index (χ2v) is 9.81. The molecule has 0 unspecified atom stereocenters. The number of ether oxygens (including phenoxy) is 1. The van der Waals surface area contributed by atoms with Gasteiger partial charge in [0.2, 0.25) is 5.91 Å². The van der Waals surface area contributed by atoms with Crippen LogP contribution in [0.3, 0.4) is 0 Å². The number of furan rings is 1. The molecule has 3 amide bonds. The van der Waals surface area contributed by atoms with Gasteiger partial charge >= 0.3 is 16.1 Å². The molecule has 10 nitrogen and oxygen atoms in total. The van der Waals surface area contributed by atoms with Gasteiger partial charge in [-0.2, -0.15) is 8.42 Å². The van der Waals surface area contributed by atoms with Crippen LogP contribution in [0.1, 0.15) is 32.1 Å². The molecule has 0 bridgehead atoms. The molecule has 0 aliphatic heterocycles. The number of rotatable bonds is 10. The van der Waals surface area contributed by atoms with Gasteiger partial charge in [0, 0.05) is 25.2 Å². The zero-order chi connectivity index (χ0) is 26.3. The van der Waals surface area contributed by atoms with Crippen LogP contribution >= 0.6 is 0 Å². The van der Waals surface area contributed by atoms with Crippen molar-refractivity contribution < 1.29 is 31.3 Å². The van der Waals surface area contributed by atoms with Crippen molar-refractivity contribution in [3.05, 3.63) is 72.2 Å². The van der Waals surface area contributed by atoms with Crippen LogP contribution in [0.5, 0.6) is 11.5 Å². The maximum Gasteiger partial charge on any atom is 0.339 e. The topological polar surface area (TPSA) is 127 Å². The Morgan fingerprint density at radius 3 is 2.33 bits per heavy atom. The second-order valence-electron chi connectivity index (χ2n) is 8.27. The summed E-state index contributed by atoms with van der Waals surface area (Å²) in [6, 6.07) is 13.5. The van der Waals surface area contributed by atoms with E-state index in [-0.39, 0.29) is 47.5 Å². The minimum Gasteiger partial charge on any atom is -0.493 e. The van der Waals surface area contributed by atoms with Crippen LogP contribution in [-0.4, -0.2) is 38.4 Å². The van der Waals surface area contributed by atoms with Gasteiger partial charge in [-0.15, -0.1) is 0 Å². The van der Waals surface area contributed by atoms with Crippen molar-refractivity contribution >= 4 is 27.7 Å². The van der Waals surface area contributed by atoms with Gasteiger partial charge < -0.3 is 28.9 Å². The lowest BCUT2D eigenvalue weighted by molar-refractivity contribution is -0.114. The number of hydrogen-bond donors (Lipinski definition) is 2. The Labute approximate surface area is 210 Å². The van der Waals surface area contributed by atoms with Crippen LogP contribution in [0.25, 0.3) is 0 Å². The maximum absolute atomic E-state index is 12.9. The molecule has 2 aromatic carbocycles. The summed E-state index contributed by atoms with van der Waals surface area (Å²) in [5.74, 6) is 0.514. The minimum absolute atomic E-state index is 0.0249. The highest BCUT2D eigenvalue weighted by atomic mass is 32.2. The molecule has 1 aromatic heterocycles. The quantitative estimate of drug-likeness (QED) is 0.389. The van der Waals surface area contributed by atoms with Crippen LogP contribution in [0.4, 0.5) is 10.5 Å². The van der Waals surface area contributed by atoms with E-state index in [0.29, 0.717) is 17.0 Å². The largest absolute Gasteiger partial charge is 0.493 e. The zero-order valence-electron chi connectivity index (χ0n) is 20.5. The Hall–Kier alpha value is -3.99. The smallest absolute Gasteiger partial charge is 0.339 e. The van der Waals surface area contributed by atoms with Crippen molar-refractivity contribution in [1.82, 2.24) is 10.2 Å². The van der Waals surface area contributed by atoms with E-state index in [0.717, 1.165) is 0 Å². The predicted octanol–water partition coefficient (Wildman–Crippen LogP) is 4.13. The molecule has 0 saturated carbocycles. The van der Waals surface area contributed by atoms with E-state index in [1.807, 2.05) is 13.8 Å². The summed E-state index contributed by atoms with van der Waals surface area (Å²) in [5, 5.41) is 5.43. The first kappa shape index (κ1) is 26.6. The van der Waals surface area contributed by atoms with Crippen LogP contribution in [0, 0.1) is 0 Å². The van der Waals surface area contributed by atoms with E-state index in [1.165, 1.54) is 50.6 Å². The third-order valence-corrected chi connectivity index (χ3v) is 6.14. The fourth-order valence-electron chi connectivity index (χ4n) is 3.31. The molecule has 0 spiro atoms. The molecule has 0 aliphatic carbocycles. The number of methoxy groups -OCH3 is 1. The molecule has 0 saturated heterocycles. The lowest BCUT2D eigenvalue weighted by Crippen LogP contribution is -2.42. The fraction of sp³-hybridized carbons (Fsp3) is 0.280. The third kappa shape index (κ3) is 7.25. The summed E-state index contributed by atoms with van der Waals surface area (Å²) in [7, 11) is -2.81. The van der Waals surface area contributed by atoms with Gasteiger partial charge in [-0.25, -0.2) is 4.79 Å². The lowest BCUT2D eigenvalue weighted by atomic mass is 10.2. The SMILES string of the molecule is COc1ccc(CN(Cc2ccco2)C(=O)NC(C)C)cc1OS(=O)(=O)c1ccc(NC(C)=O)cc1. The monoisotopic (exact) mass is 515 g/mol. The molecule has 11 heteroatoms. The Kier molecular flexibility index (Phi) is 8.59. The van der Waals surface area contributed by atoms with Crippen molar-refractivity contribution in [3.63, 3.8) is 0 Å². The molecule has 3 aromatic rings. The summed E-state index contributed by atoms with van der Waals surface area (Å²) in [4.78, 5) is 25.4. The van der Waals surface area contributed by atoms with E-state index in [1.54, 1.807) is 29.2 Å². The fourth-order valence-corrected chi connectivity index (χ4v) is 4.24.